The molecule has 0 aliphatic heterocycles. The van der Waals surface area contributed by atoms with Gasteiger partial charge in [-0.15, -0.1) is 0 Å². The lowest BCUT2D eigenvalue weighted by atomic mass is 9.90. The summed E-state index contributed by atoms with van der Waals surface area (Å²) >= 11 is 1.98. The molecule has 1 aliphatic rings. The van der Waals surface area contributed by atoms with Crippen LogP contribution in [0.5, 0.6) is 0 Å². The number of fused-ring (bicyclic) bond motifs is 1. The summed E-state index contributed by atoms with van der Waals surface area (Å²) in [5.41, 5.74) is 1.55. The van der Waals surface area contributed by atoms with Gasteiger partial charge < -0.3 is 19.5 Å². The van der Waals surface area contributed by atoms with Crippen LogP contribution in [0.2, 0.25) is 0 Å². The number of nitrogens with zero attached hydrogens (tertiary/aromatic N) is 2. The number of rotatable bonds is 7. The van der Waals surface area contributed by atoms with Gasteiger partial charge in [0.1, 0.15) is 6.54 Å². The number of benzene rings is 1. The Labute approximate surface area is 177 Å². The van der Waals surface area contributed by atoms with E-state index in [2.05, 4.69) is 17.3 Å². The van der Waals surface area contributed by atoms with Crippen molar-refractivity contribution in [3.8, 4) is 0 Å². The normalized spacial score (nSPS) is 20.8. The van der Waals surface area contributed by atoms with Crippen LogP contribution >= 0.6 is 22.6 Å². The molecule has 0 radical (unpaired) electrons. The van der Waals surface area contributed by atoms with Crippen LogP contribution in [0.3, 0.4) is 0 Å². The van der Waals surface area contributed by atoms with E-state index in [1.807, 2.05) is 40.8 Å². The molecule has 1 aromatic heterocycles. The Kier molecular flexibility index (Phi) is 7.14. The van der Waals surface area contributed by atoms with Crippen molar-refractivity contribution in [2.75, 3.05) is 32.6 Å². The van der Waals surface area contributed by atoms with Gasteiger partial charge in [-0.3, -0.25) is 0 Å². The van der Waals surface area contributed by atoms with Gasteiger partial charge in [-0.25, -0.2) is 0 Å². The van der Waals surface area contributed by atoms with Gasteiger partial charge in [0.25, 0.3) is 0 Å². The van der Waals surface area contributed by atoms with Gasteiger partial charge in [0.15, 0.2) is 0 Å². The van der Waals surface area contributed by atoms with E-state index in [0.29, 0.717) is 21.3 Å². The van der Waals surface area contributed by atoms with E-state index < -0.39 is 12.7 Å². The molecule has 28 heavy (non-hydrogen) atoms. The van der Waals surface area contributed by atoms with E-state index in [1.165, 1.54) is 4.57 Å². The van der Waals surface area contributed by atoms with Crippen molar-refractivity contribution < 1.29 is 17.9 Å². The zero-order chi connectivity index (χ0) is 20.3. The van der Waals surface area contributed by atoms with E-state index >= 15 is 0 Å². The molecule has 0 bridgehead atoms. The number of methoxy groups -OCH3 is 1. The van der Waals surface area contributed by atoms with Crippen LogP contribution in [-0.4, -0.2) is 55.0 Å². The minimum atomic E-state index is -4.23. The number of hydrogen-bond donors (Lipinski definition) is 1. The van der Waals surface area contributed by atoms with E-state index in [4.69, 9.17) is 4.74 Å². The number of anilines is 1. The Balaban J connectivity index is 1.68. The van der Waals surface area contributed by atoms with Crippen LogP contribution < -0.4 is 5.32 Å². The topological polar surface area (TPSA) is 29.4 Å². The monoisotopic (exact) mass is 509 g/mol. The summed E-state index contributed by atoms with van der Waals surface area (Å²) in [6, 6.07) is 8.31. The molecule has 1 heterocycles. The number of aromatic nitrogens is 1. The average molecular weight is 509 g/mol. The Morgan fingerprint density at radius 3 is 2.61 bits per heavy atom. The predicted molar refractivity (Wildman–Crippen MR) is 115 cm³/mol. The Bertz CT molecular complexity index is 785. The summed E-state index contributed by atoms with van der Waals surface area (Å²) < 4.78 is 45.9. The quantitative estimate of drug-likeness (QED) is 0.527. The first-order valence-electron chi connectivity index (χ1n) is 9.58. The Morgan fingerprint density at radius 1 is 1.25 bits per heavy atom. The molecule has 8 heteroatoms. The molecule has 0 unspecified atom stereocenters. The molecule has 3 rings (SSSR count). The van der Waals surface area contributed by atoms with Crippen molar-refractivity contribution in [2.45, 2.75) is 50.5 Å². The van der Waals surface area contributed by atoms with Crippen LogP contribution in [0.1, 0.15) is 25.7 Å². The second-order valence-electron chi connectivity index (χ2n) is 7.53. The summed E-state index contributed by atoms with van der Waals surface area (Å²) in [6.45, 7) is 0.713. The third-order valence-corrected chi connectivity index (χ3v) is 6.45. The first-order valence-corrected chi connectivity index (χ1v) is 10.7. The van der Waals surface area contributed by atoms with Crippen LogP contribution in [0.25, 0.3) is 10.9 Å². The van der Waals surface area contributed by atoms with Crippen molar-refractivity contribution in [3.05, 3.63) is 28.0 Å². The van der Waals surface area contributed by atoms with Crippen molar-refractivity contribution in [2.24, 2.45) is 0 Å². The maximum absolute atomic E-state index is 12.9. The number of nitrogens with one attached hydrogen (secondary N) is 1. The lowest BCUT2D eigenvalue weighted by Crippen LogP contribution is -2.39. The maximum atomic E-state index is 12.9. The average Bonchev–Trinajstić information content (AvgIpc) is 2.95. The van der Waals surface area contributed by atoms with Gasteiger partial charge in [-0.1, -0.05) is 6.07 Å². The summed E-state index contributed by atoms with van der Waals surface area (Å²) in [4.78, 5) is 2.36. The number of hydrogen-bond acceptors (Lipinski definition) is 3. The van der Waals surface area contributed by atoms with Crippen molar-refractivity contribution in [1.29, 1.82) is 0 Å². The highest BCUT2D eigenvalue weighted by Gasteiger charge is 2.30. The zero-order valence-electron chi connectivity index (χ0n) is 16.2. The number of halogens is 4. The van der Waals surface area contributed by atoms with Gasteiger partial charge in [0.2, 0.25) is 0 Å². The molecule has 1 aromatic carbocycles. The summed E-state index contributed by atoms with van der Waals surface area (Å²) in [7, 11) is 3.86. The van der Waals surface area contributed by atoms with Crippen LogP contribution in [-0.2, 0) is 11.3 Å². The fourth-order valence-electron chi connectivity index (χ4n) is 4.02. The first-order chi connectivity index (χ1) is 13.3. The minimum absolute atomic E-state index is 0.348. The zero-order valence-corrected chi connectivity index (χ0v) is 18.4. The fourth-order valence-corrected chi connectivity index (χ4v) is 4.76. The van der Waals surface area contributed by atoms with E-state index in [-0.39, 0.29) is 0 Å². The molecule has 2 aromatic rings. The Hall–Kier alpha value is -1.00. The summed E-state index contributed by atoms with van der Waals surface area (Å²) in [5, 5.41) is 4.45. The van der Waals surface area contributed by atoms with Crippen LogP contribution in [0, 0.1) is 3.70 Å². The van der Waals surface area contributed by atoms with Gasteiger partial charge in [0, 0.05) is 36.8 Å². The van der Waals surface area contributed by atoms with Crippen LogP contribution in [0.15, 0.2) is 24.3 Å². The molecule has 0 saturated heterocycles. The van der Waals surface area contributed by atoms with Crippen molar-refractivity contribution in [1.82, 2.24) is 9.47 Å². The lowest BCUT2D eigenvalue weighted by Gasteiger charge is -2.35. The second kappa shape index (κ2) is 9.21. The summed E-state index contributed by atoms with van der Waals surface area (Å²) in [5.74, 6) is 0. The smallest absolute Gasteiger partial charge is 0.383 e. The third kappa shape index (κ3) is 5.33. The first kappa shape index (κ1) is 21.7. The SMILES string of the molecule is COCCN(C)C1CCC(Nc2cccc3c2cc(I)n3CC(F)(F)F)CC1. The molecule has 156 valence electrons. The van der Waals surface area contributed by atoms with Crippen molar-refractivity contribution >= 4 is 39.2 Å². The lowest BCUT2D eigenvalue weighted by molar-refractivity contribution is -0.140. The van der Waals surface area contributed by atoms with Crippen molar-refractivity contribution in [3.63, 3.8) is 0 Å². The highest BCUT2D eigenvalue weighted by molar-refractivity contribution is 14.1. The second-order valence-corrected chi connectivity index (χ2v) is 8.64. The highest BCUT2D eigenvalue weighted by atomic mass is 127. The Morgan fingerprint density at radius 2 is 1.96 bits per heavy atom. The number of alkyl halides is 3. The van der Waals surface area contributed by atoms with Crippen LogP contribution in [0.4, 0.5) is 18.9 Å². The number of likely N-dealkylation sites (N-methyl/N-ethyl adjacent to an activating group) is 1. The largest absolute Gasteiger partial charge is 0.406 e. The molecule has 1 N–H and O–H groups in total. The molecule has 1 aliphatic carbocycles. The molecular formula is C20H27F3IN3O. The molecule has 1 fully saturated rings. The molecule has 0 amide bonds. The van der Waals surface area contributed by atoms with Gasteiger partial charge in [-0.05, 0) is 73.5 Å². The number of ether oxygens (including phenoxy) is 1. The highest BCUT2D eigenvalue weighted by Crippen LogP contribution is 2.33. The predicted octanol–water partition coefficient (Wildman–Crippen LogP) is 5.11. The van der Waals surface area contributed by atoms with E-state index in [9.17, 15) is 13.2 Å². The summed E-state index contributed by atoms with van der Waals surface area (Å²) in [6.07, 6.45) is 0.0982. The van der Waals surface area contributed by atoms with Gasteiger partial charge in [-0.2, -0.15) is 13.2 Å². The molecule has 4 nitrogen and oxygen atoms in total. The van der Waals surface area contributed by atoms with E-state index in [0.717, 1.165) is 49.9 Å². The molecule has 0 spiro atoms. The maximum Gasteiger partial charge on any atom is 0.406 e. The molecule has 1 saturated carbocycles. The minimum Gasteiger partial charge on any atom is -0.383 e. The fraction of sp³-hybridized carbons (Fsp3) is 0.600. The standard InChI is InChI=1S/C20H27F3IN3O/c1-26(10-11-28-2)15-8-6-14(7-9-15)25-17-4-3-5-18-16(17)12-19(24)27(18)13-20(21,22)23/h3-5,12,14-15,25H,6-11,13H2,1-2H3. The molecule has 0 atom stereocenters. The van der Waals surface area contributed by atoms with Gasteiger partial charge in [0.05, 0.1) is 15.8 Å². The van der Waals surface area contributed by atoms with E-state index in [1.54, 1.807) is 13.2 Å². The third-order valence-electron chi connectivity index (χ3n) is 5.56. The van der Waals surface area contributed by atoms with Gasteiger partial charge >= 0.3 is 6.18 Å². The molecular weight excluding hydrogens is 482 g/mol.